The molecule has 132 valence electrons. The average molecular weight is 372 g/mol. The van der Waals surface area contributed by atoms with Crippen LogP contribution in [0.15, 0.2) is 54.2 Å². The molecule has 3 N–H and O–H groups in total. The number of ether oxygens (including phenoxy) is 1. The van der Waals surface area contributed by atoms with Crippen LogP contribution < -0.4 is 20.7 Å². The van der Waals surface area contributed by atoms with Crippen LogP contribution in [-0.2, 0) is 9.59 Å². The van der Waals surface area contributed by atoms with Crippen molar-refractivity contribution >= 4 is 41.2 Å². The van der Waals surface area contributed by atoms with E-state index >= 15 is 0 Å². The number of halogens is 1. The van der Waals surface area contributed by atoms with Crippen molar-refractivity contribution in [2.24, 2.45) is 5.73 Å². The Kier molecular flexibility index (Phi) is 4.90. The summed E-state index contributed by atoms with van der Waals surface area (Å²) in [5.41, 5.74) is 6.21. The summed E-state index contributed by atoms with van der Waals surface area (Å²) in [5, 5.41) is 2.96. The second kappa shape index (κ2) is 7.28. The van der Waals surface area contributed by atoms with Gasteiger partial charge >= 0.3 is 6.03 Å². The topological polar surface area (TPSA) is 102 Å². The van der Waals surface area contributed by atoms with Crippen LogP contribution in [0.3, 0.4) is 0 Å². The van der Waals surface area contributed by atoms with Crippen LogP contribution >= 0.6 is 11.6 Å². The van der Waals surface area contributed by atoms with E-state index in [4.69, 9.17) is 22.1 Å². The monoisotopic (exact) mass is 371 g/mol. The number of imide groups is 1. The molecule has 1 heterocycles. The van der Waals surface area contributed by atoms with Crippen LogP contribution in [-0.4, -0.2) is 24.5 Å². The number of anilines is 1. The lowest BCUT2D eigenvalue weighted by atomic mass is 10.2. The van der Waals surface area contributed by atoms with Crippen molar-refractivity contribution < 1.29 is 19.1 Å². The highest BCUT2D eigenvalue weighted by molar-refractivity contribution is 6.32. The van der Waals surface area contributed by atoms with Gasteiger partial charge in [-0.25, -0.2) is 9.69 Å². The van der Waals surface area contributed by atoms with Gasteiger partial charge in [0.05, 0.1) is 5.69 Å². The number of nitrogens with one attached hydrogen (secondary N) is 1. The van der Waals surface area contributed by atoms with Gasteiger partial charge in [-0.05, 0) is 42.0 Å². The Labute approximate surface area is 154 Å². The molecule has 2 aromatic carbocycles. The first kappa shape index (κ1) is 17.5. The molecular weight excluding hydrogens is 358 g/mol. The molecule has 26 heavy (non-hydrogen) atoms. The summed E-state index contributed by atoms with van der Waals surface area (Å²) in [6, 6.07) is 12.5. The molecule has 4 amide bonds. The van der Waals surface area contributed by atoms with E-state index in [9.17, 15) is 14.4 Å². The maximum atomic E-state index is 12.5. The van der Waals surface area contributed by atoms with E-state index < -0.39 is 17.8 Å². The Morgan fingerprint density at radius 1 is 1.19 bits per heavy atom. The zero-order valence-electron chi connectivity index (χ0n) is 13.4. The number of carbonyl (C=O) groups is 3. The highest BCUT2D eigenvalue weighted by Gasteiger charge is 2.34. The van der Waals surface area contributed by atoms with Gasteiger partial charge in [-0.15, -0.1) is 0 Å². The Balaban J connectivity index is 1.78. The first-order valence-electron chi connectivity index (χ1n) is 7.58. The van der Waals surface area contributed by atoms with E-state index in [1.165, 1.54) is 6.07 Å². The first-order valence-corrected chi connectivity index (χ1v) is 7.96. The maximum Gasteiger partial charge on any atom is 0.333 e. The van der Waals surface area contributed by atoms with E-state index in [0.29, 0.717) is 22.0 Å². The van der Waals surface area contributed by atoms with Gasteiger partial charge in [0.15, 0.2) is 6.61 Å². The number of rotatable bonds is 5. The third-order valence-corrected chi connectivity index (χ3v) is 3.75. The van der Waals surface area contributed by atoms with Crippen LogP contribution in [0.4, 0.5) is 10.5 Å². The number of carbonyl (C=O) groups excluding carboxylic acids is 3. The summed E-state index contributed by atoms with van der Waals surface area (Å²) in [6.45, 7) is -0.219. The second-order valence-corrected chi connectivity index (χ2v) is 5.87. The lowest BCUT2D eigenvalue weighted by Gasteiger charge is -2.11. The number of benzene rings is 2. The van der Waals surface area contributed by atoms with Gasteiger partial charge in [-0.3, -0.25) is 9.59 Å². The molecule has 0 bridgehead atoms. The molecular formula is C18H14ClN3O4. The molecule has 0 radical (unpaired) electrons. The van der Waals surface area contributed by atoms with Gasteiger partial charge in [0, 0.05) is 5.02 Å². The number of amides is 4. The molecule has 1 aliphatic heterocycles. The summed E-state index contributed by atoms with van der Waals surface area (Å²) < 4.78 is 5.16. The smallest absolute Gasteiger partial charge is 0.333 e. The van der Waals surface area contributed by atoms with E-state index in [1.807, 2.05) is 0 Å². The molecule has 8 heteroatoms. The molecule has 0 unspecified atom stereocenters. The Hall–Kier alpha value is -3.32. The molecule has 0 atom stereocenters. The van der Waals surface area contributed by atoms with Crippen LogP contribution in [0.5, 0.6) is 5.75 Å². The molecule has 0 aliphatic carbocycles. The van der Waals surface area contributed by atoms with E-state index in [1.54, 1.807) is 48.5 Å². The summed E-state index contributed by atoms with van der Waals surface area (Å²) in [5.74, 6) is -0.587. The summed E-state index contributed by atoms with van der Waals surface area (Å²) in [4.78, 5) is 36.4. The fourth-order valence-corrected chi connectivity index (χ4v) is 2.55. The average Bonchev–Trinajstić information content (AvgIpc) is 2.88. The molecule has 1 saturated heterocycles. The van der Waals surface area contributed by atoms with E-state index in [0.717, 1.165) is 4.90 Å². The third-order valence-electron chi connectivity index (χ3n) is 3.52. The van der Waals surface area contributed by atoms with Crippen molar-refractivity contribution in [1.29, 1.82) is 0 Å². The minimum Gasteiger partial charge on any atom is -0.484 e. The van der Waals surface area contributed by atoms with Crippen molar-refractivity contribution in [3.05, 3.63) is 64.8 Å². The van der Waals surface area contributed by atoms with Gasteiger partial charge in [0.1, 0.15) is 11.4 Å². The van der Waals surface area contributed by atoms with Gasteiger partial charge < -0.3 is 15.8 Å². The van der Waals surface area contributed by atoms with Crippen molar-refractivity contribution in [2.75, 3.05) is 11.5 Å². The van der Waals surface area contributed by atoms with E-state index in [2.05, 4.69) is 5.32 Å². The predicted molar refractivity (Wildman–Crippen MR) is 96.6 cm³/mol. The van der Waals surface area contributed by atoms with Crippen molar-refractivity contribution in [2.45, 2.75) is 0 Å². The molecule has 1 fully saturated rings. The lowest BCUT2D eigenvalue weighted by Crippen LogP contribution is -2.30. The van der Waals surface area contributed by atoms with Crippen LogP contribution in [0.25, 0.3) is 6.08 Å². The largest absolute Gasteiger partial charge is 0.484 e. The number of primary amides is 1. The van der Waals surface area contributed by atoms with Crippen molar-refractivity contribution in [1.82, 2.24) is 5.32 Å². The molecule has 3 rings (SSSR count). The number of nitrogens with two attached hydrogens (primary N) is 1. The van der Waals surface area contributed by atoms with Crippen molar-refractivity contribution in [3.8, 4) is 5.75 Å². The molecule has 2 aromatic rings. The number of hydrogen-bond acceptors (Lipinski definition) is 4. The van der Waals surface area contributed by atoms with Crippen LogP contribution in [0, 0.1) is 0 Å². The fourth-order valence-electron chi connectivity index (χ4n) is 2.37. The molecule has 7 nitrogen and oxygen atoms in total. The standard InChI is InChI=1S/C18H14ClN3O4/c19-12-2-1-3-13(9-12)22-17(24)15(21-18(22)25)8-11-4-6-14(7-5-11)26-10-16(20)23/h1-9H,10H2,(H2,20,23)(H,21,25). The normalized spacial score (nSPS) is 15.3. The van der Waals surface area contributed by atoms with E-state index in [-0.39, 0.29) is 12.3 Å². The lowest BCUT2D eigenvalue weighted by molar-refractivity contribution is -0.120. The summed E-state index contributed by atoms with van der Waals surface area (Å²) in [6.07, 6.45) is 1.54. The summed E-state index contributed by atoms with van der Waals surface area (Å²) >= 11 is 5.92. The van der Waals surface area contributed by atoms with Crippen LogP contribution in [0.1, 0.15) is 5.56 Å². The highest BCUT2D eigenvalue weighted by atomic mass is 35.5. The minimum absolute atomic E-state index is 0.140. The Morgan fingerprint density at radius 3 is 2.58 bits per heavy atom. The number of urea groups is 1. The molecule has 0 spiro atoms. The zero-order chi connectivity index (χ0) is 18.7. The molecule has 0 saturated carbocycles. The minimum atomic E-state index is -0.573. The summed E-state index contributed by atoms with van der Waals surface area (Å²) in [7, 11) is 0. The first-order chi connectivity index (χ1) is 12.4. The van der Waals surface area contributed by atoms with Crippen molar-refractivity contribution in [3.63, 3.8) is 0 Å². The Bertz CT molecular complexity index is 909. The van der Waals surface area contributed by atoms with Gasteiger partial charge in [0.2, 0.25) is 0 Å². The zero-order valence-corrected chi connectivity index (χ0v) is 14.2. The third kappa shape index (κ3) is 3.84. The predicted octanol–water partition coefficient (Wildman–Crippen LogP) is 2.30. The second-order valence-electron chi connectivity index (χ2n) is 5.43. The van der Waals surface area contributed by atoms with Crippen LogP contribution in [0.2, 0.25) is 5.02 Å². The highest BCUT2D eigenvalue weighted by Crippen LogP contribution is 2.25. The fraction of sp³-hybridized carbons (Fsp3) is 0.0556. The quantitative estimate of drug-likeness (QED) is 0.621. The van der Waals surface area contributed by atoms with Gasteiger partial charge in [-0.1, -0.05) is 29.8 Å². The van der Waals surface area contributed by atoms with Gasteiger partial charge in [0.25, 0.3) is 11.8 Å². The maximum absolute atomic E-state index is 12.5. The Morgan fingerprint density at radius 2 is 1.92 bits per heavy atom. The molecule has 0 aromatic heterocycles. The SMILES string of the molecule is NC(=O)COc1ccc(C=C2NC(=O)N(c3cccc(Cl)c3)C2=O)cc1. The number of hydrogen-bond donors (Lipinski definition) is 2. The van der Waals surface area contributed by atoms with Gasteiger partial charge in [-0.2, -0.15) is 0 Å². The molecule has 1 aliphatic rings. The number of nitrogens with zero attached hydrogens (tertiary/aromatic N) is 1.